The second-order valence-electron chi connectivity index (χ2n) is 3.40. The average molecular weight is 239 g/mol. The van der Waals surface area contributed by atoms with Gasteiger partial charge in [-0.15, -0.1) is 0 Å². The van der Waals surface area contributed by atoms with Crippen LogP contribution in [0.25, 0.3) is 0 Å². The maximum absolute atomic E-state index is 10.8. The van der Waals surface area contributed by atoms with Crippen molar-refractivity contribution >= 4 is 12.2 Å². The van der Waals surface area contributed by atoms with Crippen molar-refractivity contribution in [3.8, 4) is 5.75 Å². The Morgan fingerprint density at radius 3 is 2.59 bits per heavy atom. The number of nitrogens with two attached hydrogens (primary N) is 1. The van der Waals surface area contributed by atoms with E-state index in [2.05, 4.69) is 0 Å². The van der Waals surface area contributed by atoms with Crippen molar-refractivity contribution in [2.45, 2.75) is 12.2 Å². The Bertz CT molecular complexity index is 432. The Hall–Kier alpha value is -1.92. The first-order valence-corrected chi connectivity index (χ1v) is 4.79. The maximum atomic E-state index is 10.8. The number of hydrogen-bond donors (Lipinski definition) is 3. The molecule has 4 N–H and O–H groups in total. The minimum atomic E-state index is -1.78. The smallest absolute Gasteiger partial charge is 0.249 e. The Kier molecular flexibility index (Phi) is 4.19. The lowest BCUT2D eigenvalue weighted by Gasteiger charge is -2.17. The van der Waals surface area contributed by atoms with Crippen LogP contribution in [0.1, 0.15) is 22.0 Å². The third kappa shape index (κ3) is 2.80. The van der Waals surface area contributed by atoms with E-state index in [0.29, 0.717) is 12.0 Å². The molecule has 0 bridgehead atoms. The highest BCUT2D eigenvalue weighted by atomic mass is 16.5. The van der Waals surface area contributed by atoms with Gasteiger partial charge in [0.2, 0.25) is 5.91 Å². The Balaban J connectivity index is 3.17. The number of ether oxygens (including phenoxy) is 1. The van der Waals surface area contributed by atoms with E-state index in [1.54, 1.807) is 0 Å². The number of hydrogen-bond acceptors (Lipinski definition) is 5. The molecular weight excluding hydrogens is 226 g/mol. The van der Waals surface area contributed by atoms with E-state index in [1.807, 2.05) is 0 Å². The fourth-order valence-electron chi connectivity index (χ4n) is 1.37. The molecule has 17 heavy (non-hydrogen) atoms. The van der Waals surface area contributed by atoms with Crippen molar-refractivity contribution in [1.29, 1.82) is 0 Å². The second-order valence-corrected chi connectivity index (χ2v) is 3.40. The van der Waals surface area contributed by atoms with Crippen molar-refractivity contribution in [2.24, 2.45) is 5.73 Å². The minimum Gasteiger partial charge on any atom is -0.497 e. The van der Waals surface area contributed by atoms with Gasteiger partial charge < -0.3 is 20.7 Å². The highest BCUT2D eigenvalue weighted by Gasteiger charge is 2.25. The number of benzene rings is 1. The quantitative estimate of drug-likeness (QED) is 0.593. The average Bonchev–Trinajstić information content (AvgIpc) is 2.35. The van der Waals surface area contributed by atoms with Gasteiger partial charge in [-0.3, -0.25) is 9.59 Å². The van der Waals surface area contributed by atoms with Gasteiger partial charge in [0.25, 0.3) is 0 Å². The minimum absolute atomic E-state index is 0.0886. The molecule has 0 radical (unpaired) electrons. The Morgan fingerprint density at radius 2 is 2.12 bits per heavy atom. The van der Waals surface area contributed by atoms with Gasteiger partial charge in [-0.05, 0) is 23.8 Å². The summed E-state index contributed by atoms with van der Waals surface area (Å²) in [5.41, 5.74) is 5.11. The van der Waals surface area contributed by atoms with Crippen molar-refractivity contribution in [1.82, 2.24) is 0 Å². The molecule has 1 aromatic carbocycles. The van der Waals surface area contributed by atoms with Crippen LogP contribution in [-0.4, -0.2) is 35.6 Å². The molecule has 2 unspecified atom stereocenters. The zero-order valence-corrected chi connectivity index (χ0v) is 9.16. The molecule has 1 rings (SSSR count). The molecule has 0 saturated heterocycles. The molecule has 0 aliphatic rings. The molecule has 0 spiro atoms. The molecule has 1 aromatic rings. The number of aliphatic hydroxyl groups excluding tert-OH is 2. The van der Waals surface area contributed by atoms with Crippen LogP contribution in [0.15, 0.2) is 18.2 Å². The van der Waals surface area contributed by atoms with Crippen LogP contribution >= 0.6 is 0 Å². The number of amides is 1. The Morgan fingerprint density at radius 1 is 1.47 bits per heavy atom. The molecule has 0 heterocycles. The summed E-state index contributed by atoms with van der Waals surface area (Å²) in [5, 5.41) is 19.1. The molecule has 0 aliphatic heterocycles. The number of carbonyl (C=O) groups is 2. The molecule has 6 heteroatoms. The van der Waals surface area contributed by atoms with Crippen LogP contribution in [0.5, 0.6) is 5.75 Å². The lowest BCUT2D eigenvalue weighted by atomic mass is 9.98. The first-order chi connectivity index (χ1) is 8.01. The van der Waals surface area contributed by atoms with Gasteiger partial charge in [-0.25, -0.2) is 0 Å². The number of methoxy groups -OCH3 is 1. The topological polar surface area (TPSA) is 110 Å². The number of aldehydes is 1. The number of carbonyl (C=O) groups excluding carboxylic acids is 2. The van der Waals surface area contributed by atoms with E-state index in [1.165, 1.54) is 25.3 Å². The van der Waals surface area contributed by atoms with Gasteiger partial charge in [0.05, 0.1) is 7.11 Å². The van der Waals surface area contributed by atoms with E-state index in [-0.39, 0.29) is 11.1 Å². The lowest BCUT2D eigenvalue weighted by Crippen LogP contribution is -2.34. The van der Waals surface area contributed by atoms with Crippen LogP contribution in [0, 0.1) is 0 Å². The monoisotopic (exact) mass is 239 g/mol. The molecule has 6 nitrogen and oxygen atoms in total. The highest BCUT2D eigenvalue weighted by molar-refractivity contribution is 5.82. The lowest BCUT2D eigenvalue weighted by molar-refractivity contribution is -0.132. The fraction of sp³-hybridized carbons (Fsp3) is 0.273. The van der Waals surface area contributed by atoms with E-state index >= 15 is 0 Å². The molecule has 0 aliphatic carbocycles. The third-order valence-electron chi connectivity index (χ3n) is 2.33. The van der Waals surface area contributed by atoms with E-state index < -0.39 is 18.1 Å². The number of aliphatic hydroxyl groups is 2. The maximum Gasteiger partial charge on any atom is 0.249 e. The van der Waals surface area contributed by atoms with Gasteiger partial charge >= 0.3 is 0 Å². The van der Waals surface area contributed by atoms with Crippen LogP contribution in [-0.2, 0) is 4.79 Å². The summed E-state index contributed by atoms with van der Waals surface area (Å²) in [6.07, 6.45) is -2.84. The summed E-state index contributed by atoms with van der Waals surface area (Å²) < 4.78 is 4.92. The molecule has 92 valence electrons. The van der Waals surface area contributed by atoms with E-state index in [4.69, 9.17) is 10.5 Å². The summed E-state index contributed by atoms with van der Waals surface area (Å²) in [5.74, 6) is -0.682. The van der Waals surface area contributed by atoms with Crippen LogP contribution in [0.3, 0.4) is 0 Å². The normalized spacial score (nSPS) is 13.8. The first kappa shape index (κ1) is 13.1. The third-order valence-corrected chi connectivity index (χ3v) is 2.33. The zero-order chi connectivity index (χ0) is 13.0. The Labute approximate surface area is 97.6 Å². The SMILES string of the molecule is COc1ccc(C=O)c(C(O)C(O)C(N)=O)c1. The predicted molar refractivity (Wildman–Crippen MR) is 58.5 cm³/mol. The summed E-state index contributed by atoms with van der Waals surface area (Å²) >= 11 is 0. The van der Waals surface area contributed by atoms with Gasteiger partial charge in [0.1, 0.15) is 18.1 Å². The van der Waals surface area contributed by atoms with Crippen molar-refractivity contribution in [2.75, 3.05) is 7.11 Å². The zero-order valence-electron chi connectivity index (χ0n) is 9.16. The molecule has 0 fully saturated rings. The van der Waals surface area contributed by atoms with Crippen LogP contribution < -0.4 is 10.5 Å². The molecule has 1 amide bonds. The summed E-state index contributed by atoms with van der Waals surface area (Å²) in [6.45, 7) is 0. The van der Waals surface area contributed by atoms with Crippen molar-refractivity contribution < 1.29 is 24.5 Å². The summed E-state index contributed by atoms with van der Waals surface area (Å²) in [4.78, 5) is 21.5. The number of rotatable bonds is 5. The van der Waals surface area contributed by atoms with Crippen molar-refractivity contribution in [3.05, 3.63) is 29.3 Å². The van der Waals surface area contributed by atoms with Crippen molar-refractivity contribution in [3.63, 3.8) is 0 Å². The summed E-state index contributed by atoms with van der Waals surface area (Å²) in [6, 6.07) is 4.30. The first-order valence-electron chi connectivity index (χ1n) is 4.79. The largest absolute Gasteiger partial charge is 0.497 e. The molecular formula is C11H13NO5. The van der Waals surface area contributed by atoms with Gasteiger partial charge in [-0.1, -0.05) is 0 Å². The van der Waals surface area contributed by atoms with Gasteiger partial charge in [0.15, 0.2) is 6.10 Å². The van der Waals surface area contributed by atoms with Gasteiger partial charge in [0, 0.05) is 5.56 Å². The molecule has 0 aromatic heterocycles. The number of primary amides is 1. The van der Waals surface area contributed by atoms with Crippen LogP contribution in [0.2, 0.25) is 0 Å². The standard InChI is InChI=1S/C11H13NO5/c1-17-7-3-2-6(5-13)8(4-7)9(14)10(15)11(12)16/h2-5,9-10,14-15H,1H3,(H2,12,16). The van der Waals surface area contributed by atoms with E-state index in [9.17, 15) is 19.8 Å². The highest BCUT2D eigenvalue weighted by Crippen LogP contribution is 2.24. The second kappa shape index (κ2) is 5.42. The fourth-order valence-corrected chi connectivity index (χ4v) is 1.37. The predicted octanol–water partition coefficient (Wildman–Crippen LogP) is -0.613. The van der Waals surface area contributed by atoms with E-state index in [0.717, 1.165) is 0 Å². The molecule has 2 atom stereocenters. The summed E-state index contributed by atoms with van der Waals surface area (Å²) in [7, 11) is 1.41. The van der Waals surface area contributed by atoms with Gasteiger partial charge in [-0.2, -0.15) is 0 Å². The van der Waals surface area contributed by atoms with Crippen LogP contribution in [0.4, 0.5) is 0 Å². The molecule has 0 saturated carbocycles.